The van der Waals surface area contributed by atoms with E-state index in [2.05, 4.69) is 4.98 Å². The lowest BCUT2D eigenvalue weighted by atomic mass is 10.1. The second-order valence-corrected chi connectivity index (χ2v) is 4.29. The number of aryl methyl sites for hydroxylation is 1. The molecule has 1 aromatic heterocycles. The lowest BCUT2D eigenvalue weighted by Gasteiger charge is -2.19. The Morgan fingerprint density at radius 3 is 2.60 bits per heavy atom. The predicted molar refractivity (Wildman–Crippen MR) is 54.1 cm³/mol. The van der Waals surface area contributed by atoms with Crippen LogP contribution in [0, 0.1) is 12.7 Å². The van der Waals surface area contributed by atoms with E-state index in [-0.39, 0.29) is 5.56 Å². The van der Waals surface area contributed by atoms with Crippen molar-refractivity contribution in [2.45, 2.75) is 33.3 Å². The molecule has 0 N–H and O–H groups in total. The summed E-state index contributed by atoms with van der Waals surface area (Å²) in [4.78, 5) is 15.4. The Balaban J connectivity index is 2.96. The van der Waals surface area contributed by atoms with Gasteiger partial charge in [0.05, 0.1) is 17.5 Å². The fraction of sp³-hybridized carbons (Fsp3) is 0.455. The molecule has 0 bridgehead atoms. The van der Waals surface area contributed by atoms with Gasteiger partial charge in [0.15, 0.2) is 0 Å². The van der Waals surface area contributed by atoms with Crippen LogP contribution in [0.2, 0.25) is 0 Å². The van der Waals surface area contributed by atoms with Gasteiger partial charge < -0.3 is 4.74 Å². The van der Waals surface area contributed by atoms with Crippen molar-refractivity contribution in [1.82, 2.24) is 4.98 Å². The minimum atomic E-state index is -0.587. The highest BCUT2D eigenvalue weighted by atomic mass is 19.1. The first-order valence-electron chi connectivity index (χ1n) is 4.65. The quantitative estimate of drug-likeness (QED) is 0.670. The average molecular weight is 211 g/mol. The molecular weight excluding hydrogens is 197 g/mol. The Bertz CT molecular complexity index is 383. The topological polar surface area (TPSA) is 39.2 Å². The lowest BCUT2D eigenvalue weighted by Crippen LogP contribution is -2.24. The van der Waals surface area contributed by atoms with E-state index in [4.69, 9.17) is 4.74 Å². The van der Waals surface area contributed by atoms with Crippen molar-refractivity contribution >= 4 is 5.97 Å². The number of hydrogen-bond acceptors (Lipinski definition) is 3. The second-order valence-electron chi connectivity index (χ2n) is 4.29. The van der Waals surface area contributed by atoms with Crippen LogP contribution in [-0.4, -0.2) is 16.6 Å². The molecule has 3 nitrogen and oxygen atoms in total. The fourth-order valence-corrected chi connectivity index (χ4v) is 1.05. The zero-order valence-electron chi connectivity index (χ0n) is 9.30. The van der Waals surface area contributed by atoms with Gasteiger partial charge >= 0.3 is 5.97 Å². The number of carbonyl (C=O) groups excluding carboxylic acids is 1. The van der Waals surface area contributed by atoms with Gasteiger partial charge in [0, 0.05) is 0 Å². The smallest absolute Gasteiger partial charge is 0.340 e. The maximum Gasteiger partial charge on any atom is 0.340 e. The second kappa shape index (κ2) is 3.96. The summed E-state index contributed by atoms with van der Waals surface area (Å²) in [6.07, 6.45) is 1.07. The zero-order valence-corrected chi connectivity index (χ0v) is 9.30. The van der Waals surface area contributed by atoms with Gasteiger partial charge in [0.2, 0.25) is 0 Å². The van der Waals surface area contributed by atoms with E-state index in [9.17, 15) is 9.18 Å². The number of pyridine rings is 1. The van der Waals surface area contributed by atoms with E-state index in [1.807, 2.05) is 0 Å². The van der Waals surface area contributed by atoms with Crippen molar-refractivity contribution in [2.75, 3.05) is 0 Å². The van der Waals surface area contributed by atoms with Gasteiger partial charge in [-0.25, -0.2) is 9.18 Å². The van der Waals surface area contributed by atoms with Crippen LogP contribution in [0.15, 0.2) is 12.3 Å². The van der Waals surface area contributed by atoms with Crippen LogP contribution >= 0.6 is 0 Å². The maximum atomic E-state index is 12.9. The molecule has 0 unspecified atom stereocenters. The summed E-state index contributed by atoms with van der Waals surface area (Å²) in [5.74, 6) is -1.09. The van der Waals surface area contributed by atoms with E-state index >= 15 is 0 Å². The number of nitrogens with zero attached hydrogens (tertiary/aromatic N) is 1. The summed E-state index contributed by atoms with van der Waals surface area (Å²) in [5, 5.41) is 0. The Kier molecular flexibility index (Phi) is 3.07. The van der Waals surface area contributed by atoms with Crippen LogP contribution in [0.25, 0.3) is 0 Å². The van der Waals surface area contributed by atoms with Crippen molar-refractivity contribution in [3.05, 3.63) is 29.3 Å². The number of carbonyl (C=O) groups is 1. The van der Waals surface area contributed by atoms with Crippen molar-refractivity contribution in [2.24, 2.45) is 0 Å². The van der Waals surface area contributed by atoms with Gasteiger partial charge in [-0.05, 0) is 33.8 Å². The monoisotopic (exact) mass is 211 g/mol. The van der Waals surface area contributed by atoms with Crippen LogP contribution in [0.5, 0.6) is 0 Å². The van der Waals surface area contributed by atoms with Crippen molar-refractivity contribution in [3.8, 4) is 0 Å². The number of aromatic nitrogens is 1. The lowest BCUT2D eigenvalue weighted by molar-refractivity contribution is 0.00676. The highest BCUT2D eigenvalue weighted by molar-refractivity contribution is 5.90. The van der Waals surface area contributed by atoms with Crippen LogP contribution in [0.3, 0.4) is 0 Å². The van der Waals surface area contributed by atoms with Gasteiger partial charge in [-0.2, -0.15) is 0 Å². The molecule has 15 heavy (non-hydrogen) atoms. The highest BCUT2D eigenvalue weighted by Gasteiger charge is 2.20. The molecule has 0 aromatic carbocycles. The number of ether oxygens (including phenoxy) is 1. The number of esters is 1. The highest BCUT2D eigenvalue weighted by Crippen LogP contribution is 2.14. The molecular formula is C11H14FNO2. The van der Waals surface area contributed by atoms with Crippen molar-refractivity contribution in [1.29, 1.82) is 0 Å². The third-order valence-corrected chi connectivity index (χ3v) is 1.67. The largest absolute Gasteiger partial charge is 0.456 e. The standard InChI is InChI=1S/C11H14FNO2/c1-7-9(5-8(12)6-13-7)10(14)15-11(2,3)4/h5-6H,1-4H3. The molecule has 0 aliphatic carbocycles. The molecule has 0 radical (unpaired) electrons. The molecule has 1 rings (SSSR count). The summed E-state index contributed by atoms with van der Waals surface area (Å²) in [5.41, 5.74) is 0.0473. The summed E-state index contributed by atoms with van der Waals surface area (Å²) >= 11 is 0. The third-order valence-electron chi connectivity index (χ3n) is 1.67. The first-order chi connectivity index (χ1) is 6.79. The molecule has 1 heterocycles. The third kappa shape index (κ3) is 3.31. The van der Waals surface area contributed by atoms with E-state index in [1.54, 1.807) is 27.7 Å². The first kappa shape index (κ1) is 11.6. The summed E-state index contributed by atoms with van der Waals surface area (Å²) in [6.45, 7) is 6.91. The Morgan fingerprint density at radius 1 is 1.47 bits per heavy atom. The van der Waals surface area contributed by atoms with E-state index < -0.39 is 17.4 Å². The first-order valence-corrected chi connectivity index (χ1v) is 4.65. The van der Waals surface area contributed by atoms with E-state index in [1.165, 1.54) is 0 Å². The van der Waals surface area contributed by atoms with Gasteiger partial charge in [0.25, 0.3) is 0 Å². The molecule has 0 atom stereocenters. The summed E-state index contributed by atoms with van der Waals surface area (Å²) in [6, 6.07) is 1.14. The van der Waals surface area contributed by atoms with E-state index in [0.29, 0.717) is 5.69 Å². The normalized spacial score (nSPS) is 11.3. The SMILES string of the molecule is Cc1ncc(F)cc1C(=O)OC(C)(C)C. The van der Waals surface area contributed by atoms with Crippen LogP contribution in [0.1, 0.15) is 36.8 Å². The maximum absolute atomic E-state index is 12.9. The van der Waals surface area contributed by atoms with Gasteiger partial charge in [-0.15, -0.1) is 0 Å². The Hall–Kier alpha value is -1.45. The summed E-state index contributed by atoms with van der Waals surface area (Å²) < 4.78 is 18.0. The molecule has 0 spiro atoms. The Labute approximate surface area is 88.3 Å². The molecule has 82 valence electrons. The van der Waals surface area contributed by atoms with Crippen LogP contribution in [-0.2, 0) is 4.74 Å². The molecule has 0 saturated heterocycles. The molecule has 4 heteroatoms. The van der Waals surface area contributed by atoms with Gasteiger partial charge in [-0.3, -0.25) is 4.98 Å². The zero-order chi connectivity index (χ0) is 11.6. The summed E-state index contributed by atoms with van der Waals surface area (Å²) in [7, 11) is 0. The molecule has 0 fully saturated rings. The minimum Gasteiger partial charge on any atom is -0.456 e. The molecule has 0 aliphatic heterocycles. The molecule has 0 aliphatic rings. The minimum absolute atomic E-state index is 0.171. The van der Waals surface area contributed by atoms with Crippen LogP contribution < -0.4 is 0 Å². The predicted octanol–water partition coefficient (Wildman–Crippen LogP) is 2.48. The van der Waals surface area contributed by atoms with Gasteiger partial charge in [-0.1, -0.05) is 0 Å². The molecule has 0 amide bonds. The van der Waals surface area contributed by atoms with Crippen LogP contribution in [0.4, 0.5) is 4.39 Å². The average Bonchev–Trinajstić information content (AvgIpc) is 2.06. The number of hydrogen-bond donors (Lipinski definition) is 0. The Morgan fingerprint density at radius 2 is 2.07 bits per heavy atom. The van der Waals surface area contributed by atoms with Crippen molar-refractivity contribution in [3.63, 3.8) is 0 Å². The van der Waals surface area contributed by atoms with E-state index in [0.717, 1.165) is 12.3 Å². The number of rotatable bonds is 1. The van der Waals surface area contributed by atoms with Gasteiger partial charge in [0.1, 0.15) is 11.4 Å². The van der Waals surface area contributed by atoms with Crippen molar-refractivity contribution < 1.29 is 13.9 Å². The fourth-order valence-electron chi connectivity index (χ4n) is 1.05. The molecule has 1 aromatic rings. The molecule has 0 saturated carbocycles. The number of halogens is 1.